The summed E-state index contributed by atoms with van der Waals surface area (Å²) in [6.45, 7) is 9.00. The summed E-state index contributed by atoms with van der Waals surface area (Å²) in [5, 5.41) is 3.39. The number of hydrogen-bond acceptors (Lipinski definition) is 3. The van der Waals surface area contributed by atoms with E-state index in [1.54, 1.807) is 0 Å². The number of nitrogens with one attached hydrogen (secondary N) is 1. The number of benzene rings is 1. The van der Waals surface area contributed by atoms with Crippen LogP contribution >= 0.6 is 0 Å². The summed E-state index contributed by atoms with van der Waals surface area (Å²) in [7, 11) is -3.05. The summed E-state index contributed by atoms with van der Waals surface area (Å²) in [5.74, 6) is 0.681. The zero-order valence-corrected chi connectivity index (χ0v) is 14.5. The summed E-state index contributed by atoms with van der Waals surface area (Å²) in [4.78, 5) is 0. The molecule has 120 valence electrons. The molecule has 3 nitrogen and oxygen atoms in total. The first kappa shape index (κ1) is 18.2. The quantitative estimate of drug-likeness (QED) is 0.759. The SMILES string of the molecule is CCCNC(CS(=O)(=O)CC(C)CC)c1ccccc1C. The molecule has 1 aromatic carbocycles. The van der Waals surface area contributed by atoms with Crippen molar-refractivity contribution in [2.45, 2.75) is 46.6 Å². The Morgan fingerprint density at radius 1 is 1.14 bits per heavy atom. The first-order valence-corrected chi connectivity index (χ1v) is 9.71. The number of hydrogen-bond donors (Lipinski definition) is 1. The summed E-state index contributed by atoms with van der Waals surface area (Å²) < 4.78 is 24.8. The van der Waals surface area contributed by atoms with Gasteiger partial charge in [0.25, 0.3) is 0 Å². The van der Waals surface area contributed by atoms with Gasteiger partial charge in [-0.3, -0.25) is 0 Å². The Hall–Kier alpha value is -0.870. The highest BCUT2D eigenvalue weighted by molar-refractivity contribution is 7.91. The van der Waals surface area contributed by atoms with Crippen LogP contribution in [0.15, 0.2) is 24.3 Å². The van der Waals surface area contributed by atoms with Crippen LogP contribution in [-0.4, -0.2) is 26.5 Å². The molecule has 0 radical (unpaired) electrons. The van der Waals surface area contributed by atoms with E-state index in [0.717, 1.165) is 30.5 Å². The van der Waals surface area contributed by atoms with Gasteiger partial charge in [0.2, 0.25) is 0 Å². The molecule has 1 N–H and O–H groups in total. The van der Waals surface area contributed by atoms with E-state index in [1.807, 2.05) is 45.0 Å². The van der Waals surface area contributed by atoms with Crippen LogP contribution in [0, 0.1) is 12.8 Å². The van der Waals surface area contributed by atoms with Crippen LogP contribution in [0.2, 0.25) is 0 Å². The van der Waals surface area contributed by atoms with E-state index < -0.39 is 9.84 Å². The third-order valence-electron chi connectivity index (χ3n) is 3.86. The van der Waals surface area contributed by atoms with Crippen molar-refractivity contribution in [2.24, 2.45) is 5.92 Å². The monoisotopic (exact) mass is 311 g/mol. The average Bonchev–Trinajstić information content (AvgIpc) is 2.43. The maximum atomic E-state index is 12.4. The Morgan fingerprint density at radius 3 is 2.38 bits per heavy atom. The maximum absolute atomic E-state index is 12.4. The normalized spacial score (nSPS) is 14.9. The van der Waals surface area contributed by atoms with Crippen LogP contribution < -0.4 is 5.32 Å². The van der Waals surface area contributed by atoms with Crippen molar-refractivity contribution >= 4 is 9.84 Å². The first-order valence-electron chi connectivity index (χ1n) is 7.89. The molecule has 21 heavy (non-hydrogen) atoms. The van der Waals surface area contributed by atoms with Crippen molar-refractivity contribution in [1.82, 2.24) is 5.32 Å². The second-order valence-corrected chi connectivity index (χ2v) is 8.11. The van der Waals surface area contributed by atoms with E-state index in [-0.39, 0.29) is 23.5 Å². The maximum Gasteiger partial charge on any atom is 0.152 e. The van der Waals surface area contributed by atoms with Gasteiger partial charge in [0.05, 0.1) is 11.5 Å². The largest absolute Gasteiger partial charge is 0.309 e. The van der Waals surface area contributed by atoms with Gasteiger partial charge in [-0.1, -0.05) is 51.5 Å². The highest BCUT2D eigenvalue weighted by Crippen LogP contribution is 2.20. The molecule has 0 amide bonds. The van der Waals surface area contributed by atoms with E-state index in [9.17, 15) is 8.42 Å². The molecule has 1 aromatic rings. The van der Waals surface area contributed by atoms with Crippen LogP contribution in [0.1, 0.15) is 50.8 Å². The first-order chi connectivity index (χ1) is 9.89. The van der Waals surface area contributed by atoms with Gasteiger partial charge in [0, 0.05) is 6.04 Å². The van der Waals surface area contributed by atoms with E-state index in [0.29, 0.717) is 0 Å². The molecular weight excluding hydrogens is 282 g/mol. The molecule has 0 aliphatic carbocycles. The fourth-order valence-corrected chi connectivity index (χ4v) is 4.47. The van der Waals surface area contributed by atoms with Gasteiger partial charge in [-0.05, 0) is 36.9 Å². The van der Waals surface area contributed by atoms with E-state index >= 15 is 0 Å². The van der Waals surface area contributed by atoms with Gasteiger partial charge in [-0.2, -0.15) is 0 Å². The molecule has 2 unspecified atom stereocenters. The van der Waals surface area contributed by atoms with Crippen molar-refractivity contribution in [3.63, 3.8) is 0 Å². The molecule has 0 saturated carbocycles. The summed E-state index contributed by atoms with van der Waals surface area (Å²) >= 11 is 0. The van der Waals surface area contributed by atoms with Crippen molar-refractivity contribution < 1.29 is 8.42 Å². The predicted octanol–water partition coefficient (Wildman–Crippen LogP) is 3.50. The lowest BCUT2D eigenvalue weighted by atomic mass is 10.0. The van der Waals surface area contributed by atoms with Crippen LogP contribution in [0.4, 0.5) is 0 Å². The standard InChI is InChI=1S/C17H29NO2S/c1-5-11-18-17(16-10-8-7-9-15(16)4)13-21(19,20)12-14(3)6-2/h7-10,14,17-18H,5-6,11-13H2,1-4H3. The Labute approximate surface area is 130 Å². The molecule has 2 atom stereocenters. The predicted molar refractivity (Wildman–Crippen MR) is 90.3 cm³/mol. The lowest BCUT2D eigenvalue weighted by Crippen LogP contribution is -2.31. The highest BCUT2D eigenvalue weighted by Gasteiger charge is 2.23. The molecule has 0 bridgehead atoms. The zero-order valence-electron chi connectivity index (χ0n) is 13.7. The lowest BCUT2D eigenvalue weighted by molar-refractivity contribution is 0.532. The van der Waals surface area contributed by atoms with E-state index in [2.05, 4.69) is 12.2 Å². The van der Waals surface area contributed by atoms with Gasteiger partial charge in [-0.25, -0.2) is 8.42 Å². The molecule has 4 heteroatoms. The van der Waals surface area contributed by atoms with Crippen LogP contribution in [0.3, 0.4) is 0 Å². The van der Waals surface area contributed by atoms with Crippen molar-refractivity contribution in [3.05, 3.63) is 35.4 Å². The molecule has 0 spiro atoms. The van der Waals surface area contributed by atoms with Crippen LogP contribution in [0.5, 0.6) is 0 Å². The van der Waals surface area contributed by atoms with Gasteiger partial charge >= 0.3 is 0 Å². The number of aryl methyl sites for hydroxylation is 1. The topological polar surface area (TPSA) is 46.2 Å². The molecular formula is C17H29NO2S. The zero-order chi connectivity index (χ0) is 15.9. The fraction of sp³-hybridized carbons (Fsp3) is 0.647. The van der Waals surface area contributed by atoms with Crippen molar-refractivity contribution in [3.8, 4) is 0 Å². The van der Waals surface area contributed by atoms with Crippen molar-refractivity contribution in [1.29, 1.82) is 0 Å². The number of sulfone groups is 1. The fourth-order valence-electron chi connectivity index (χ4n) is 2.43. The Kier molecular flexibility index (Phi) is 7.40. The second-order valence-electron chi connectivity index (χ2n) is 5.95. The van der Waals surface area contributed by atoms with Gasteiger partial charge in [0.1, 0.15) is 0 Å². The molecule has 0 aliphatic heterocycles. The van der Waals surface area contributed by atoms with Gasteiger partial charge in [-0.15, -0.1) is 0 Å². The van der Waals surface area contributed by atoms with Crippen LogP contribution in [0.25, 0.3) is 0 Å². The minimum Gasteiger partial charge on any atom is -0.309 e. The Morgan fingerprint density at radius 2 is 1.81 bits per heavy atom. The smallest absolute Gasteiger partial charge is 0.152 e. The van der Waals surface area contributed by atoms with E-state index in [1.165, 1.54) is 0 Å². The average molecular weight is 311 g/mol. The minimum absolute atomic E-state index is 0.111. The summed E-state index contributed by atoms with van der Waals surface area (Å²) in [6.07, 6.45) is 1.89. The third-order valence-corrected chi connectivity index (χ3v) is 5.78. The minimum atomic E-state index is -3.05. The molecule has 0 aromatic heterocycles. The molecule has 0 aliphatic rings. The highest BCUT2D eigenvalue weighted by atomic mass is 32.2. The van der Waals surface area contributed by atoms with Gasteiger partial charge < -0.3 is 5.32 Å². The van der Waals surface area contributed by atoms with Crippen molar-refractivity contribution in [2.75, 3.05) is 18.1 Å². The number of rotatable bonds is 9. The third kappa shape index (κ3) is 6.18. The van der Waals surface area contributed by atoms with Gasteiger partial charge in [0.15, 0.2) is 9.84 Å². The molecule has 0 heterocycles. The summed E-state index contributed by atoms with van der Waals surface area (Å²) in [6, 6.07) is 7.92. The molecule has 0 saturated heterocycles. The molecule has 1 rings (SSSR count). The molecule has 0 fully saturated rings. The Bertz CT molecular complexity index is 525. The summed E-state index contributed by atoms with van der Waals surface area (Å²) in [5.41, 5.74) is 2.24. The van der Waals surface area contributed by atoms with E-state index in [4.69, 9.17) is 0 Å². The van der Waals surface area contributed by atoms with Crippen LogP contribution in [-0.2, 0) is 9.84 Å². The lowest BCUT2D eigenvalue weighted by Gasteiger charge is -2.21. The Balaban J connectivity index is 2.91. The second kappa shape index (κ2) is 8.54.